The number of ether oxygens (including phenoxy) is 1. The van der Waals surface area contributed by atoms with Gasteiger partial charge in [-0.05, 0) is 25.8 Å². The molecule has 0 saturated carbocycles. The molecular weight excluding hydrogens is 308 g/mol. The standard InChI is InChI=1S/C16H24N6O2/c1-20-15(23)13-11-18-14(12-3-9-24-10-4-12)22(13)19-16(20)21-7-2-5-17-6-8-21/h11-12,17H,2-10H2,1H3. The van der Waals surface area contributed by atoms with Crippen LogP contribution in [0.3, 0.4) is 0 Å². The summed E-state index contributed by atoms with van der Waals surface area (Å²) in [5.74, 6) is 1.92. The van der Waals surface area contributed by atoms with Crippen LogP contribution in [0.5, 0.6) is 0 Å². The first-order valence-electron chi connectivity index (χ1n) is 8.74. The quantitative estimate of drug-likeness (QED) is 0.842. The van der Waals surface area contributed by atoms with Gasteiger partial charge >= 0.3 is 0 Å². The molecule has 0 bridgehead atoms. The number of anilines is 1. The van der Waals surface area contributed by atoms with Gasteiger partial charge < -0.3 is 15.0 Å². The van der Waals surface area contributed by atoms with Crippen LogP contribution in [0.2, 0.25) is 0 Å². The monoisotopic (exact) mass is 332 g/mol. The Morgan fingerprint density at radius 1 is 1.25 bits per heavy atom. The second-order valence-electron chi connectivity index (χ2n) is 6.55. The van der Waals surface area contributed by atoms with Crippen LogP contribution in [-0.4, -0.2) is 58.6 Å². The molecule has 0 radical (unpaired) electrons. The fourth-order valence-corrected chi connectivity index (χ4v) is 3.59. The van der Waals surface area contributed by atoms with Crippen molar-refractivity contribution in [1.82, 2.24) is 24.5 Å². The van der Waals surface area contributed by atoms with Crippen LogP contribution in [0.15, 0.2) is 11.0 Å². The highest BCUT2D eigenvalue weighted by Crippen LogP contribution is 2.26. The Morgan fingerprint density at radius 2 is 2.08 bits per heavy atom. The van der Waals surface area contributed by atoms with Gasteiger partial charge in [-0.25, -0.2) is 9.50 Å². The van der Waals surface area contributed by atoms with Crippen LogP contribution < -0.4 is 15.8 Å². The second kappa shape index (κ2) is 6.52. The third kappa shape index (κ3) is 2.69. The van der Waals surface area contributed by atoms with Crippen molar-refractivity contribution >= 4 is 11.5 Å². The Bertz CT molecular complexity index is 769. The first kappa shape index (κ1) is 15.6. The lowest BCUT2D eigenvalue weighted by Gasteiger charge is -2.24. The minimum atomic E-state index is -0.0389. The number of hydrogen-bond acceptors (Lipinski definition) is 6. The summed E-state index contributed by atoms with van der Waals surface area (Å²) in [6.45, 7) is 5.16. The fourth-order valence-electron chi connectivity index (χ4n) is 3.59. The molecule has 8 nitrogen and oxygen atoms in total. The van der Waals surface area contributed by atoms with E-state index in [4.69, 9.17) is 9.84 Å². The zero-order valence-corrected chi connectivity index (χ0v) is 14.1. The molecule has 0 spiro atoms. The van der Waals surface area contributed by atoms with E-state index in [0.29, 0.717) is 11.4 Å². The molecular formula is C16H24N6O2. The Morgan fingerprint density at radius 3 is 2.92 bits per heavy atom. The van der Waals surface area contributed by atoms with E-state index in [0.717, 1.165) is 70.4 Å². The summed E-state index contributed by atoms with van der Waals surface area (Å²) in [5.41, 5.74) is 0.513. The summed E-state index contributed by atoms with van der Waals surface area (Å²) in [6.07, 6.45) is 4.57. The smallest absolute Gasteiger partial charge is 0.280 e. The summed E-state index contributed by atoms with van der Waals surface area (Å²) < 4.78 is 8.87. The highest BCUT2D eigenvalue weighted by molar-refractivity contribution is 5.46. The van der Waals surface area contributed by atoms with E-state index in [1.54, 1.807) is 22.3 Å². The van der Waals surface area contributed by atoms with E-state index >= 15 is 0 Å². The van der Waals surface area contributed by atoms with Crippen molar-refractivity contribution in [3.8, 4) is 0 Å². The van der Waals surface area contributed by atoms with Crippen LogP contribution in [0.4, 0.5) is 5.95 Å². The van der Waals surface area contributed by atoms with Crippen LogP contribution >= 0.6 is 0 Å². The van der Waals surface area contributed by atoms with Crippen LogP contribution in [0.1, 0.15) is 31.0 Å². The molecule has 8 heteroatoms. The molecule has 2 fully saturated rings. The number of hydrogen-bond donors (Lipinski definition) is 1. The Labute approximate surface area is 140 Å². The SMILES string of the molecule is Cn1c(N2CCCNCC2)nn2c(C3CCOCC3)ncc2c1=O. The molecule has 4 heterocycles. The number of fused-ring (bicyclic) bond motifs is 1. The molecule has 2 saturated heterocycles. The van der Waals surface area contributed by atoms with E-state index in [-0.39, 0.29) is 5.56 Å². The molecule has 2 aromatic rings. The van der Waals surface area contributed by atoms with E-state index in [1.807, 2.05) is 0 Å². The lowest BCUT2D eigenvalue weighted by atomic mass is 10.00. The molecule has 24 heavy (non-hydrogen) atoms. The van der Waals surface area contributed by atoms with Gasteiger partial charge in [0.1, 0.15) is 5.82 Å². The van der Waals surface area contributed by atoms with Crippen molar-refractivity contribution in [2.75, 3.05) is 44.3 Å². The zero-order chi connectivity index (χ0) is 16.5. The number of nitrogens with one attached hydrogen (secondary N) is 1. The summed E-state index contributed by atoms with van der Waals surface area (Å²) in [5, 5.41) is 8.20. The molecule has 0 atom stereocenters. The second-order valence-corrected chi connectivity index (χ2v) is 6.55. The van der Waals surface area contributed by atoms with Gasteiger partial charge in [-0.1, -0.05) is 0 Å². The number of aromatic nitrogens is 4. The summed E-state index contributed by atoms with van der Waals surface area (Å²) in [4.78, 5) is 19.5. The molecule has 0 unspecified atom stereocenters. The first-order valence-corrected chi connectivity index (χ1v) is 8.74. The Kier molecular flexibility index (Phi) is 4.24. The first-order chi connectivity index (χ1) is 11.8. The maximum absolute atomic E-state index is 12.8. The van der Waals surface area contributed by atoms with Crippen LogP contribution in [0.25, 0.3) is 5.52 Å². The zero-order valence-electron chi connectivity index (χ0n) is 14.1. The van der Waals surface area contributed by atoms with Gasteiger partial charge in [0, 0.05) is 45.8 Å². The van der Waals surface area contributed by atoms with Crippen LogP contribution in [-0.2, 0) is 11.8 Å². The van der Waals surface area contributed by atoms with Gasteiger partial charge in [-0.2, -0.15) is 0 Å². The maximum Gasteiger partial charge on any atom is 0.280 e. The summed E-state index contributed by atoms with van der Waals surface area (Å²) in [7, 11) is 1.80. The lowest BCUT2D eigenvalue weighted by Crippen LogP contribution is -2.35. The predicted molar refractivity (Wildman–Crippen MR) is 90.7 cm³/mol. The van der Waals surface area contributed by atoms with Crippen molar-refractivity contribution in [3.63, 3.8) is 0 Å². The third-order valence-electron chi connectivity index (χ3n) is 4.99. The predicted octanol–water partition coefficient (Wildman–Crippen LogP) is 0.122. The van der Waals surface area contributed by atoms with Crippen molar-refractivity contribution < 1.29 is 4.74 Å². The van der Waals surface area contributed by atoms with Gasteiger partial charge in [-0.15, -0.1) is 5.10 Å². The fraction of sp³-hybridized carbons (Fsp3) is 0.688. The average molecular weight is 332 g/mol. The van der Waals surface area contributed by atoms with Crippen LogP contribution in [0, 0.1) is 0 Å². The topological polar surface area (TPSA) is 76.7 Å². The van der Waals surface area contributed by atoms with E-state index in [9.17, 15) is 4.79 Å². The number of imidazole rings is 1. The molecule has 2 aliphatic rings. The van der Waals surface area contributed by atoms with Gasteiger partial charge in [0.15, 0.2) is 5.52 Å². The molecule has 0 amide bonds. The summed E-state index contributed by atoms with van der Waals surface area (Å²) in [6, 6.07) is 0. The molecule has 1 N–H and O–H groups in total. The largest absolute Gasteiger partial charge is 0.381 e. The van der Waals surface area contributed by atoms with Crippen molar-refractivity contribution in [3.05, 3.63) is 22.4 Å². The van der Waals surface area contributed by atoms with Gasteiger partial charge in [0.05, 0.1) is 6.20 Å². The Hall–Kier alpha value is -1.93. The van der Waals surface area contributed by atoms with E-state index < -0.39 is 0 Å². The maximum atomic E-state index is 12.8. The highest BCUT2D eigenvalue weighted by atomic mass is 16.5. The van der Waals surface area contributed by atoms with Crippen molar-refractivity contribution in [2.45, 2.75) is 25.2 Å². The Balaban J connectivity index is 1.79. The lowest BCUT2D eigenvalue weighted by molar-refractivity contribution is 0.0832. The van der Waals surface area contributed by atoms with Gasteiger partial charge in [0.2, 0.25) is 5.95 Å². The third-order valence-corrected chi connectivity index (χ3v) is 4.99. The average Bonchev–Trinajstić information content (AvgIpc) is 2.85. The molecule has 0 aromatic carbocycles. The molecule has 130 valence electrons. The molecule has 2 aromatic heterocycles. The summed E-state index contributed by atoms with van der Waals surface area (Å²) >= 11 is 0. The minimum Gasteiger partial charge on any atom is -0.381 e. The highest BCUT2D eigenvalue weighted by Gasteiger charge is 2.24. The van der Waals surface area contributed by atoms with Crippen molar-refractivity contribution in [1.29, 1.82) is 0 Å². The molecule has 0 aliphatic carbocycles. The number of nitrogens with zero attached hydrogens (tertiary/aromatic N) is 5. The normalized spacial score (nSPS) is 20.5. The molecule has 2 aliphatic heterocycles. The minimum absolute atomic E-state index is 0.0389. The van der Waals surface area contributed by atoms with Crippen molar-refractivity contribution in [2.24, 2.45) is 7.05 Å². The van der Waals surface area contributed by atoms with E-state index in [2.05, 4.69) is 15.2 Å². The van der Waals surface area contributed by atoms with Gasteiger partial charge in [0.25, 0.3) is 5.56 Å². The number of rotatable bonds is 2. The molecule has 4 rings (SSSR count). The van der Waals surface area contributed by atoms with E-state index in [1.165, 1.54) is 0 Å². The van der Waals surface area contributed by atoms with Gasteiger partial charge in [-0.3, -0.25) is 9.36 Å².